The van der Waals surface area contributed by atoms with Crippen LogP contribution in [0.4, 0.5) is 5.69 Å². The van der Waals surface area contributed by atoms with E-state index in [4.69, 9.17) is 27.9 Å². The van der Waals surface area contributed by atoms with Crippen LogP contribution in [0, 0.1) is 0 Å². The van der Waals surface area contributed by atoms with Crippen LogP contribution in [0.3, 0.4) is 0 Å². The second-order valence-corrected chi connectivity index (χ2v) is 7.62. The molecule has 28 heavy (non-hydrogen) atoms. The zero-order chi connectivity index (χ0) is 20.3. The first-order valence-corrected chi connectivity index (χ1v) is 9.87. The van der Waals surface area contributed by atoms with Crippen LogP contribution in [0.5, 0.6) is 0 Å². The molecule has 0 radical (unpaired) electrons. The summed E-state index contributed by atoms with van der Waals surface area (Å²) in [6.45, 7) is 1.54. The van der Waals surface area contributed by atoms with Gasteiger partial charge in [-0.15, -0.1) is 11.3 Å². The molecule has 10 heteroatoms. The van der Waals surface area contributed by atoms with Gasteiger partial charge in [0.25, 0.3) is 11.5 Å². The lowest BCUT2D eigenvalue weighted by molar-refractivity contribution is -0.153. The summed E-state index contributed by atoms with van der Waals surface area (Å²) in [5.41, 5.74) is 0.101. The standard InChI is InChI=1S/C18H15Cl2N3O4S/c1-10(16(25)22-14-8-11(19)2-3-13(14)20)27-15(24)4-6-23-9-21-17-12(18(23)26)5-7-28-17/h2-3,5,7-10H,4,6H2,1H3,(H,22,25). The van der Waals surface area contributed by atoms with E-state index in [0.717, 1.165) is 0 Å². The summed E-state index contributed by atoms with van der Waals surface area (Å²) in [4.78, 5) is 41.4. The summed E-state index contributed by atoms with van der Waals surface area (Å²) < 4.78 is 6.47. The molecule has 1 unspecified atom stereocenters. The van der Waals surface area contributed by atoms with Gasteiger partial charge in [0.15, 0.2) is 6.10 Å². The number of hydrogen-bond donors (Lipinski definition) is 1. The number of aromatic nitrogens is 2. The van der Waals surface area contributed by atoms with Crippen LogP contribution in [0.25, 0.3) is 10.2 Å². The Morgan fingerprint density at radius 1 is 1.32 bits per heavy atom. The molecule has 3 rings (SSSR count). The minimum atomic E-state index is -1.04. The monoisotopic (exact) mass is 439 g/mol. The van der Waals surface area contributed by atoms with Gasteiger partial charge >= 0.3 is 5.97 Å². The first-order chi connectivity index (χ1) is 13.3. The maximum absolute atomic E-state index is 12.3. The zero-order valence-corrected chi connectivity index (χ0v) is 17.0. The van der Waals surface area contributed by atoms with E-state index in [1.807, 2.05) is 0 Å². The molecule has 1 amide bonds. The lowest BCUT2D eigenvalue weighted by Gasteiger charge is -2.14. The predicted octanol–water partition coefficient (Wildman–Crippen LogP) is 3.73. The van der Waals surface area contributed by atoms with Crippen molar-refractivity contribution in [3.8, 4) is 0 Å². The third-order valence-electron chi connectivity index (χ3n) is 3.87. The topological polar surface area (TPSA) is 90.3 Å². The Labute approximate surface area is 173 Å². The van der Waals surface area contributed by atoms with Gasteiger partial charge in [-0.2, -0.15) is 0 Å². The SMILES string of the molecule is CC(OC(=O)CCn1cnc2sccc2c1=O)C(=O)Nc1cc(Cl)ccc1Cl. The molecule has 0 aliphatic heterocycles. The van der Waals surface area contributed by atoms with Gasteiger partial charge in [0, 0.05) is 11.6 Å². The molecule has 0 aliphatic rings. The quantitative estimate of drug-likeness (QED) is 0.590. The fourth-order valence-electron chi connectivity index (χ4n) is 2.40. The third-order valence-corrected chi connectivity index (χ3v) is 5.26. The second kappa shape index (κ2) is 8.72. The molecule has 1 N–H and O–H groups in total. The number of thiophene rings is 1. The maximum Gasteiger partial charge on any atom is 0.308 e. The molecule has 7 nitrogen and oxygen atoms in total. The van der Waals surface area contributed by atoms with Crippen molar-refractivity contribution in [3.63, 3.8) is 0 Å². The van der Waals surface area contributed by atoms with Crippen molar-refractivity contribution in [2.45, 2.75) is 26.0 Å². The molecule has 0 fully saturated rings. The number of carbonyl (C=O) groups excluding carboxylic acids is 2. The molecule has 146 valence electrons. The van der Waals surface area contributed by atoms with Crippen molar-refractivity contribution < 1.29 is 14.3 Å². The van der Waals surface area contributed by atoms with Crippen molar-refractivity contribution in [2.75, 3.05) is 5.32 Å². The first-order valence-electron chi connectivity index (χ1n) is 8.23. The van der Waals surface area contributed by atoms with E-state index in [0.29, 0.717) is 25.9 Å². The first kappa shape index (κ1) is 20.3. The summed E-state index contributed by atoms with van der Waals surface area (Å²) >= 11 is 13.2. The lowest BCUT2D eigenvalue weighted by Crippen LogP contribution is -2.31. The number of halogens is 2. The molecule has 3 aromatic rings. The zero-order valence-electron chi connectivity index (χ0n) is 14.6. The Bertz CT molecular complexity index is 1100. The van der Waals surface area contributed by atoms with E-state index in [1.54, 1.807) is 23.6 Å². The summed E-state index contributed by atoms with van der Waals surface area (Å²) in [5.74, 6) is -1.16. The number of ether oxygens (including phenoxy) is 1. The summed E-state index contributed by atoms with van der Waals surface area (Å²) in [6, 6.07) is 6.33. The van der Waals surface area contributed by atoms with E-state index in [9.17, 15) is 14.4 Å². The minimum absolute atomic E-state index is 0.0766. The minimum Gasteiger partial charge on any atom is -0.452 e. The Hall–Kier alpha value is -2.42. The molecule has 1 aromatic carbocycles. The van der Waals surface area contributed by atoms with Crippen molar-refractivity contribution in [2.24, 2.45) is 0 Å². The highest BCUT2D eigenvalue weighted by molar-refractivity contribution is 7.16. The van der Waals surface area contributed by atoms with Crippen LogP contribution < -0.4 is 10.9 Å². The van der Waals surface area contributed by atoms with Gasteiger partial charge in [0.1, 0.15) is 4.83 Å². The second-order valence-electron chi connectivity index (χ2n) is 5.88. The smallest absolute Gasteiger partial charge is 0.308 e. The van der Waals surface area contributed by atoms with Crippen molar-refractivity contribution >= 4 is 62.3 Å². The molecule has 0 bridgehead atoms. The number of rotatable bonds is 6. The average molecular weight is 440 g/mol. The Balaban J connectivity index is 1.56. The molecule has 2 heterocycles. The van der Waals surface area contributed by atoms with E-state index in [1.165, 1.54) is 35.2 Å². The largest absolute Gasteiger partial charge is 0.452 e. The fraction of sp³-hybridized carbons (Fsp3) is 0.222. The van der Waals surface area contributed by atoms with Crippen LogP contribution in [-0.4, -0.2) is 27.5 Å². The number of nitrogens with zero attached hydrogens (tertiary/aromatic N) is 2. The van der Waals surface area contributed by atoms with Gasteiger partial charge in [-0.3, -0.25) is 19.0 Å². The molecular formula is C18H15Cl2N3O4S. The molecule has 0 saturated carbocycles. The van der Waals surface area contributed by atoms with Crippen molar-refractivity contribution in [1.82, 2.24) is 9.55 Å². The average Bonchev–Trinajstić information content (AvgIpc) is 3.13. The van der Waals surface area contributed by atoms with Crippen molar-refractivity contribution in [3.05, 3.63) is 56.4 Å². The number of aryl methyl sites for hydroxylation is 1. The fourth-order valence-corrected chi connectivity index (χ4v) is 3.46. The number of amides is 1. The van der Waals surface area contributed by atoms with E-state index >= 15 is 0 Å². The van der Waals surface area contributed by atoms with Crippen LogP contribution >= 0.6 is 34.5 Å². The summed E-state index contributed by atoms with van der Waals surface area (Å²) in [7, 11) is 0. The van der Waals surface area contributed by atoms with Gasteiger partial charge in [-0.05, 0) is 36.6 Å². The Kier molecular flexibility index (Phi) is 6.33. The van der Waals surface area contributed by atoms with Crippen LogP contribution in [0.1, 0.15) is 13.3 Å². The molecule has 0 saturated heterocycles. The van der Waals surface area contributed by atoms with Gasteiger partial charge < -0.3 is 10.1 Å². The number of carbonyl (C=O) groups is 2. The maximum atomic E-state index is 12.3. The van der Waals surface area contributed by atoms with Crippen LogP contribution in [0.2, 0.25) is 10.0 Å². The molecule has 2 aromatic heterocycles. The third kappa shape index (κ3) is 4.70. The van der Waals surface area contributed by atoms with Gasteiger partial charge in [-0.1, -0.05) is 23.2 Å². The summed E-state index contributed by atoms with van der Waals surface area (Å²) in [5, 5.41) is 5.57. The van der Waals surface area contributed by atoms with Gasteiger partial charge in [0.2, 0.25) is 0 Å². The lowest BCUT2D eigenvalue weighted by atomic mass is 10.3. The highest BCUT2D eigenvalue weighted by Crippen LogP contribution is 2.25. The molecule has 0 aliphatic carbocycles. The highest BCUT2D eigenvalue weighted by Gasteiger charge is 2.19. The van der Waals surface area contributed by atoms with Crippen LogP contribution in [0.15, 0.2) is 40.8 Å². The number of benzene rings is 1. The molecule has 0 spiro atoms. The van der Waals surface area contributed by atoms with E-state index < -0.39 is 18.0 Å². The van der Waals surface area contributed by atoms with Gasteiger partial charge in [0.05, 0.1) is 28.8 Å². The number of nitrogens with one attached hydrogen (secondary N) is 1. The number of fused-ring (bicyclic) bond motifs is 1. The number of hydrogen-bond acceptors (Lipinski definition) is 6. The normalized spacial score (nSPS) is 12.0. The van der Waals surface area contributed by atoms with Gasteiger partial charge in [-0.25, -0.2) is 4.98 Å². The van der Waals surface area contributed by atoms with E-state index in [2.05, 4.69) is 10.3 Å². The Morgan fingerprint density at radius 2 is 2.11 bits per heavy atom. The van der Waals surface area contributed by atoms with E-state index in [-0.39, 0.29) is 18.5 Å². The Morgan fingerprint density at radius 3 is 2.89 bits per heavy atom. The summed E-state index contributed by atoms with van der Waals surface area (Å²) in [6.07, 6.45) is 0.273. The van der Waals surface area contributed by atoms with Crippen LogP contribution in [-0.2, 0) is 20.9 Å². The number of anilines is 1. The molecular weight excluding hydrogens is 425 g/mol. The van der Waals surface area contributed by atoms with Crippen molar-refractivity contribution in [1.29, 1.82) is 0 Å². The highest BCUT2D eigenvalue weighted by atomic mass is 35.5. The molecule has 1 atom stereocenters. The predicted molar refractivity (Wildman–Crippen MR) is 109 cm³/mol. The number of esters is 1.